The van der Waals surface area contributed by atoms with E-state index in [0.717, 1.165) is 35.8 Å². The van der Waals surface area contributed by atoms with Crippen LogP contribution in [0.15, 0.2) is 18.3 Å². The Morgan fingerprint density at radius 1 is 1.25 bits per heavy atom. The van der Waals surface area contributed by atoms with E-state index in [2.05, 4.69) is 19.9 Å². The van der Waals surface area contributed by atoms with E-state index in [9.17, 15) is 4.79 Å². The van der Waals surface area contributed by atoms with Crippen LogP contribution in [-0.4, -0.2) is 20.4 Å². The van der Waals surface area contributed by atoms with E-state index in [0.29, 0.717) is 24.3 Å². The van der Waals surface area contributed by atoms with Crippen molar-refractivity contribution in [3.05, 3.63) is 18.3 Å². The number of aromatic nitrogens is 3. The van der Waals surface area contributed by atoms with Gasteiger partial charge in [0.05, 0.1) is 0 Å². The van der Waals surface area contributed by atoms with Crippen LogP contribution >= 0.6 is 0 Å². The smallest absolute Gasteiger partial charge is 0.226 e. The first kappa shape index (κ1) is 14.4. The predicted octanol–water partition coefficient (Wildman–Crippen LogP) is 3.92. The third-order valence-corrected chi connectivity index (χ3v) is 6.47. The number of nitrogens with one attached hydrogen (secondary N) is 1. The number of fused-ring (bicyclic) bond motifs is 3. The quantitative estimate of drug-likeness (QED) is 0.927. The van der Waals surface area contributed by atoms with Crippen LogP contribution in [0.3, 0.4) is 0 Å². The van der Waals surface area contributed by atoms with E-state index in [1.165, 1.54) is 32.1 Å². The van der Waals surface area contributed by atoms with Crippen molar-refractivity contribution in [1.29, 1.82) is 0 Å². The molecule has 3 saturated carbocycles. The first-order valence-electron chi connectivity index (χ1n) is 9.41. The van der Waals surface area contributed by atoms with Gasteiger partial charge in [-0.25, -0.2) is 9.97 Å². The molecule has 2 aromatic heterocycles. The molecule has 3 unspecified atom stereocenters. The molecule has 1 amide bonds. The number of nitrogens with zero attached hydrogens (tertiary/aromatic N) is 3. The molecule has 3 fully saturated rings. The van der Waals surface area contributed by atoms with Crippen LogP contribution in [0.4, 0.5) is 5.95 Å². The fraction of sp³-hybridized carbons (Fsp3) is 0.632. The number of rotatable bonds is 4. The maximum absolute atomic E-state index is 12.6. The Balaban J connectivity index is 1.37. The zero-order valence-electron chi connectivity index (χ0n) is 13.9. The van der Waals surface area contributed by atoms with Crippen molar-refractivity contribution in [3.63, 3.8) is 0 Å². The molecule has 5 nitrogen and oxygen atoms in total. The Hall–Kier alpha value is -1.91. The summed E-state index contributed by atoms with van der Waals surface area (Å²) >= 11 is 0. The molecular weight excluding hydrogens is 300 g/mol. The zero-order valence-corrected chi connectivity index (χ0v) is 13.9. The maximum Gasteiger partial charge on any atom is 0.226 e. The lowest BCUT2D eigenvalue weighted by Gasteiger charge is -2.28. The van der Waals surface area contributed by atoms with Gasteiger partial charge in [-0.05, 0) is 68.4 Å². The Morgan fingerprint density at radius 2 is 2.17 bits per heavy atom. The molecule has 0 radical (unpaired) electrons. The van der Waals surface area contributed by atoms with Crippen molar-refractivity contribution in [2.45, 2.75) is 57.4 Å². The molecule has 0 aromatic carbocycles. The molecule has 126 valence electrons. The summed E-state index contributed by atoms with van der Waals surface area (Å²) in [6.45, 7) is 0. The van der Waals surface area contributed by atoms with Crippen LogP contribution in [0.1, 0.15) is 57.4 Å². The number of hydrogen-bond donors (Lipinski definition) is 1. The van der Waals surface area contributed by atoms with Gasteiger partial charge < -0.3 is 0 Å². The maximum atomic E-state index is 12.6. The molecule has 5 heteroatoms. The van der Waals surface area contributed by atoms with Gasteiger partial charge in [-0.1, -0.05) is 6.42 Å². The second-order valence-electron chi connectivity index (χ2n) is 7.92. The van der Waals surface area contributed by atoms with Crippen molar-refractivity contribution in [2.24, 2.45) is 17.8 Å². The molecule has 24 heavy (non-hydrogen) atoms. The van der Waals surface area contributed by atoms with Gasteiger partial charge in [-0.15, -0.1) is 0 Å². The number of amides is 1. The van der Waals surface area contributed by atoms with Gasteiger partial charge in [0, 0.05) is 18.7 Å². The second kappa shape index (κ2) is 5.57. The Labute approximate surface area is 141 Å². The van der Waals surface area contributed by atoms with Crippen molar-refractivity contribution in [3.8, 4) is 0 Å². The van der Waals surface area contributed by atoms with Crippen LogP contribution in [0.25, 0.3) is 11.2 Å². The van der Waals surface area contributed by atoms with Crippen molar-refractivity contribution < 1.29 is 4.79 Å². The average molecular weight is 324 g/mol. The lowest BCUT2D eigenvalue weighted by Crippen LogP contribution is -2.24. The summed E-state index contributed by atoms with van der Waals surface area (Å²) in [5.74, 6) is 3.08. The Morgan fingerprint density at radius 3 is 2.88 bits per heavy atom. The summed E-state index contributed by atoms with van der Waals surface area (Å²) < 4.78 is 2.15. The molecule has 0 aliphatic heterocycles. The number of anilines is 1. The number of hydrogen-bond acceptors (Lipinski definition) is 3. The van der Waals surface area contributed by atoms with Crippen molar-refractivity contribution >= 4 is 23.0 Å². The summed E-state index contributed by atoms with van der Waals surface area (Å²) in [7, 11) is 0. The summed E-state index contributed by atoms with van der Waals surface area (Å²) in [6.07, 6.45) is 11.3. The standard InChI is InChI=1S/C19H24N4O/c24-17(11-14-10-12-6-7-13(14)9-12)22-19-21-16-5-2-8-20-18(16)23(19)15-3-1-4-15/h2,5,8,12-15H,1,3-4,6-7,9-11H2,(H,21,22,24). The van der Waals surface area contributed by atoms with E-state index in [1.54, 1.807) is 6.20 Å². The molecular formula is C19H24N4O. The largest absolute Gasteiger partial charge is 0.296 e. The fourth-order valence-electron chi connectivity index (χ4n) is 5.05. The molecule has 3 aliphatic rings. The van der Waals surface area contributed by atoms with E-state index < -0.39 is 0 Å². The molecule has 2 aromatic rings. The molecule has 3 atom stereocenters. The third-order valence-electron chi connectivity index (χ3n) is 6.47. The van der Waals surface area contributed by atoms with E-state index in [4.69, 9.17) is 0 Å². The van der Waals surface area contributed by atoms with Crippen LogP contribution in [0, 0.1) is 17.8 Å². The summed E-state index contributed by atoms with van der Waals surface area (Å²) in [4.78, 5) is 21.8. The van der Waals surface area contributed by atoms with Crippen LogP contribution in [-0.2, 0) is 4.79 Å². The van der Waals surface area contributed by atoms with Crippen LogP contribution in [0.2, 0.25) is 0 Å². The van der Waals surface area contributed by atoms with Crippen LogP contribution in [0.5, 0.6) is 0 Å². The first-order valence-corrected chi connectivity index (χ1v) is 9.41. The van der Waals surface area contributed by atoms with Crippen molar-refractivity contribution in [1.82, 2.24) is 14.5 Å². The zero-order chi connectivity index (χ0) is 16.1. The van der Waals surface area contributed by atoms with E-state index in [1.807, 2.05) is 12.1 Å². The number of imidazole rings is 1. The SMILES string of the molecule is O=C(CC1CC2CCC1C2)Nc1nc2cccnc2n1C1CCC1. The normalized spacial score (nSPS) is 29.1. The van der Waals surface area contributed by atoms with Crippen molar-refractivity contribution in [2.75, 3.05) is 5.32 Å². The van der Waals surface area contributed by atoms with Gasteiger partial charge in [0.2, 0.25) is 11.9 Å². The lowest BCUT2D eigenvalue weighted by molar-refractivity contribution is -0.117. The molecule has 2 bridgehead atoms. The van der Waals surface area contributed by atoms with Gasteiger partial charge in [0.1, 0.15) is 5.52 Å². The second-order valence-corrected chi connectivity index (χ2v) is 7.92. The summed E-state index contributed by atoms with van der Waals surface area (Å²) in [6, 6.07) is 4.31. The highest BCUT2D eigenvalue weighted by molar-refractivity contribution is 5.91. The van der Waals surface area contributed by atoms with Gasteiger partial charge in [-0.3, -0.25) is 14.7 Å². The molecule has 5 rings (SSSR count). The number of carbonyl (C=O) groups is 1. The Bertz CT molecular complexity index is 779. The molecule has 2 heterocycles. The highest BCUT2D eigenvalue weighted by Crippen LogP contribution is 2.49. The minimum Gasteiger partial charge on any atom is -0.296 e. The van der Waals surface area contributed by atoms with Gasteiger partial charge in [0.15, 0.2) is 5.65 Å². The molecule has 1 N–H and O–H groups in total. The third kappa shape index (κ3) is 2.33. The van der Waals surface area contributed by atoms with Gasteiger partial charge >= 0.3 is 0 Å². The van der Waals surface area contributed by atoms with Crippen LogP contribution < -0.4 is 5.32 Å². The highest BCUT2D eigenvalue weighted by atomic mass is 16.1. The molecule has 0 saturated heterocycles. The predicted molar refractivity (Wildman–Crippen MR) is 92.6 cm³/mol. The number of pyridine rings is 1. The minimum absolute atomic E-state index is 0.128. The summed E-state index contributed by atoms with van der Waals surface area (Å²) in [5, 5.41) is 3.11. The van der Waals surface area contributed by atoms with E-state index >= 15 is 0 Å². The number of carbonyl (C=O) groups excluding carboxylic acids is 1. The lowest BCUT2D eigenvalue weighted by atomic mass is 9.86. The average Bonchev–Trinajstić information content (AvgIpc) is 3.21. The van der Waals surface area contributed by atoms with E-state index in [-0.39, 0.29) is 5.91 Å². The summed E-state index contributed by atoms with van der Waals surface area (Å²) in [5.41, 5.74) is 1.78. The van der Waals surface area contributed by atoms with Gasteiger partial charge in [-0.2, -0.15) is 0 Å². The minimum atomic E-state index is 0.128. The molecule has 3 aliphatic carbocycles. The first-order chi connectivity index (χ1) is 11.8. The van der Waals surface area contributed by atoms with Gasteiger partial charge in [0.25, 0.3) is 0 Å². The topological polar surface area (TPSA) is 59.8 Å². The molecule has 0 spiro atoms. The fourth-order valence-corrected chi connectivity index (χ4v) is 5.05. The Kier molecular flexibility index (Phi) is 3.35. The monoisotopic (exact) mass is 324 g/mol. The highest BCUT2D eigenvalue weighted by Gasteiger charge is 2.40.